The van der Waals surface area contributed by atoms with Crippen LogP contribution in [-0.2, 0) is 9.59 Å². The molecule has 1 unspecified atom stereocenters. The highest BCUT2D eigenvalue weighted by molar-refractivity contribution is 7.22. The van der Waals surface area contributed by atoms with Crippen molar-refractivity contribution in [2.75, 3.05) is 11.5 Å². The van der Waals surface area contributed by atoms with Crippen LogP contribution in [0.3, 0.4) is 0 Å². The van der Waals surface area contributed by atoms with Crippen LogP contribution in [0, 0.1) is 13.8 Å². The summed E-state index contributed by atoms with van der Waals surface area (Å²) in [5, 5.41) is 11.9. The number of amides is 1. The van der Waals surface area contributed by atoms with Gasteiger partial charge in [0.25, 0.3) is 5.78 Å². The molecule has 1 amide bonds. The van der Waals surface area contributed by atoms with Crippen LogP contribution in [0.2, 0.25) is 0 Å². The molecular formula is C34H28N2O5S. The number of fused-ring (bicyclic) bond motifs is 1. The number of thiazole rings is 1. The van der Waals surface area contributed by atoms with Gasteiger partial charge in [0.15, 0.2) is 5.13 Å². The number of nitrogens with zero attached hydrogens (tertiary/aromatic N) is 2. The molecule has 1 fully saturated rings. The molecule has 1 atom stereocenters. The number of para-hydroxylation sites is 1. The quantitative estimate of drug-likeness (QED) is 0.121. The predicted octanol–water partition coefficient (Wildman–Crippen LogP) is 7.73. The van der Waals surface area contributed by atoms with E-state index in [-0.39, 0.29) is 11.3 Å². The van der Waals surface area contributed by atoms with E-state index >= 15 is 0 Å². The molecular weight excluding hydrogens is 548 g/mol. The lowest BCUT2D eigenvalue weighted by Crippen LogP contribution is -2.29. The maximum Gasteiger partial charge on any atom is 0.301 e. The van der Waals surface area contributed by atoms with Crippen LogP contribution in [0.15, 0.2) is 96.6 Å². The summed E-state index contributed by atoms with van der Waals surface area (Å²) in [6.45, 7) is 6.36. The second kappa shape index (κ2) is 11.1. The van der Waals surface area contributed by atoms with E-state index in [1.165, 1.54) is 16.2 Å². The predicted molar refractivity (Wildman–Crippen MR) is 164 cm³/mol. The number of aliphatic hydroxyl groups excluding tert-OH is 1. The van der Waals surface area contributed by atoms with Crippen molar-refractivity contribution in [1.29, 1.82) is 0 Å². The van der Waals surface area contributed by atoms with Crippen molar-refractivity contribution in [3.63, 3.8) is 0 Å². The van der Waals surface area contributed by atoms with Crippen LogP contribution in [0.4, 0.5) is 5.13 Å². The van der Waals surface area contributed by atoms with Crippen molar-refractivity contribution < 1.29 is 24.2 Å². The lowest BCUT2D eigenvalue weighted by molar-refractivity contribution is -0.132. The third-order valence-corrected chi connectivity index (χ3v) is 8.06. The van der Waals surface area contributed by atoms with Gasteiger partial charge in [-0.3, -0.25) is 14.5 Å². The van der Waals surface area contributed by atoms with Crippen LogP contribution in [-0.4, -0.2) is 28.4 Å². The number of carbonyl (C=O) groups excluding carboxylic acids is 2. The molecule has 0 aliphatic carbocycles. The Hall–Kier alpha value is -4.95. The Morgan fingerprint density at radius 1 is 0.905 bits per heavy atom. The van der Waals surface area contributed by atoms with Crippen molar-refractivity contribution >= 4 is 44.1 Å². The summed E-state index contributed by atoms with van der Waals surface area (Å²) in [6, 6.07) is 26.4. The Labute approximate surface area is 247 Å². The molecule has 8 heteroatoms. The van der Waals surface area contributed by atoms with E-state index in [1.807, 2.05) is 69.3 Å². The fourth-order valence-corrected chi connectivity index (χ4v) is 6.38. The van der Waals surface area contributed by atoms with E-state index in [4.69, 9.17) is 14.5 Å². The zero-order chi connectivity index (χ0) is 29.4. The summed E-state index contributed by atoms with van der Waals surface area (Å²) in [5.74, 6) is 0.00261. The van der Waals surface area contributed by atoms with Gasteiger partial charge in [-0.1, -0.05) is 47.7 Å². The zero-order valence-electron chi connectivity index (χ0n) is 23.3. The normalized spacial score (nSPS) is 16.3. The third-order valence-electron chi connectivity index (χ3n) is 7.06. The van der Waals surface area contributed by atoms with E-state index in [0.29, 0.717) is 40.1 Å². The van der Waals surface area contributed by atoms with E-state index in [1.54, 1.807) is 42.5 Å². The summed E-state index contributed by atoms with van der Waals surface area (Å²) >= 11 is 1.34. The van der Waals surface area contributed by atoms with Crippen LogP contribution >= 0.6 is 11.3 Å². The van der Waals surface area contributed by atoms with Crippen molar-refractivity contribution in [2.24, 2.45) is 0 Å². The Morgan fingerprint density at radius 2 is 1.64 bits per heavy atom. The Bertz CT molecular complexity index is 1840. The molecule has 4 aromatic carbocycles. The minimum atomic E-state index is -0.933. The van der Waals surface area contributed by atoms with Gasteiger partial charge in [-0.25, -0.2) is 4.98 Å². The average Bonchev–Trinajstić information content (AvgIpc) is 3.52. The number of rotatable bonds is 7. The Morgan fingerprint density at radius 3 is 2.38 bits per heavy atom. The number of aromatic nitrogens is 1. The number of ether oxygens (including phenoxy) is 2. The topological polar surface area (TPSA) is 89.0 Å². The minimum Gasteiger partial charge on any atom is -0.507 e. The summed E-state index contributed by atoms with van der Waals surface area (Å²) in [6.07, 6.45) is 0. The second-order valence-electron chi connectivity index (χ2n) is 10.0. The first kappa shape index (κ1) is 27.2. The first-order valence-electron chi connectivity index (χ1n) is 13.6. The van der Waals surface area contributed by atoms with Gasteiger partial charge in [-0.05, 0) is 92.1 Å². The van der Waals surface area contributed by atoms with Gasteiger partial charge in [0.1, 0.15) is 23.0 Å². The number of carbonyl (C=O) groups is 2. The molecule has 2 heterocycles. The van der Waals surface area contributed by atoms with E-state index in [2.05, 4.69) is 0 Å². The molecule has 1 saturated heterocycles. The summed E-state index contributed by atoms with van der Waals surface area (Å²) in [4.78, 5) is 33.6. The zero-order valence-corrected chi connectivity index (χ0v) is 24.1. The minimum absolute atomic E-state index is 0.0202. The molecule has 0 saturated carbocycles. The van der Waals surface area contributed by atoms with Gasteiger partial charge in [0, 0.05) is 5.56 Å². The number of benzene rings is 4. The molecule has 7 nitrogen and oxygen atoms in total. The number of aliphatic hydroxyl groups is 1. The average molecular weight is 577 g/mol. The number of ketones is 1. The molecule has 42 heavy (non-hydrogen) atoms. The molecule has 0 bridgehead atoms. The monoisotopic (exact) mass is 576 g/mol. The molecule has 1 aliphatic rings. The molecule has 210 valence electrons. The van der Waals surface area contributed by atoms with Gasteiger partial charge in [-0.2, -0.15) is 0 Å². The number of anilines is 1. The van der Waals surface area contributed by atoms with E-state index < -0.39 is 17.7 Å². The van der Waals surface area contributed by atoms with E-state index in [9.17, 15) is 14.7 Å². The number of hydrogen-bond donors (Lipinski definition) is 1. The standard InChI is InChI=1S/C34H28N2O5S/c1-4-40-24-15-13-22(14-16-24)31(37)28-30(23-9-8-12-26(19-23)41-25-10-6-5-7-11-25)36(33(39)32(28)38)34-35-29-21(3)17-20(2)18-27(29)42-34/h5-19,30,37H,4H2,1-3H3/b31-28+. The Balaban J connectivity index is 1.51. The van der Waals surface area contributed by atoms with Crippen molar-refractivity contribution in [2.45, 2.75) is 26.8 Å². The van der Waals surface area contributed by atoms with Crippen LogP contribution < -0.4 is 14.4 Å². The van der Waals surface area contributed by atoms with Gasteiger partial charge in [0.05, 0.1) is 28.4 Å². The summed E-state index contributed by atoms with van der Waals surface area (Å²) < 4.78 is 12.5. The summed E-state index contributed by atoms with van der Waals surface area (Å²) in [7, 11) is 0. The van der Waals surface area contributed by atoms with Gasteiger partial charge in [-0.15, -0.1) is 0 Å². The number of Topliss-reactive ketones (excluding diaryl/α,β-unsaturated/α-hetero) is 1. The molecule has 5 aromatic rings. The molecule has 6 rings (SSSR count). The largest absolute Gasteiger partial charge is 0.507 e. The summed E-state index contributed by atoms with van der Waals surface area (Å²) in [5.41, 5.74) is 3.81. The number of hydrogen-bond acceptors (Lipinski definition) is 7. The highest BCUT2D eigenvalue weighted by atomic mass is 32.1. The van der Waals surface area contributed by atoms with Crippen LogP contribution in [0.5, 0.6) is 17.2 Å². The van der Waals surface area contributed by atoms with Gasteiger partial charge < -0.3 is 14.6 Å². The smallest absolute Gasteiger partial charge is 0.301 e. The van der Waals surface area contributed by atoms with Crippen molar-refractivity contribution in [3.05, 3.63) is 119 Å². The first-order chi connectivity index (χ1) is 20.3. The fraction of sp³-hybridized carbons (Fsp3) is 0.147. The first-order valence-corrected chi connectivity index (χ1v) is 14.4. The maximum absolute atomic E-state index is 13.7. The maximum atomic E-state index is 13.7. The lowest BCUT2D eigenvalue weighted by atomic mass is 9.95. The fourth-order valence-electron chi connectivity index (χ4n) is 5.21. The molecule has 1 aromatic heterocycles. The van der Waals surface area contributed by atoms with Gasteiger partial charge in [0.2, 0.25) is 0 Å². The highest BCUT2D eigenvalue weighted by Crippen LogP contribution is 2.45. The molecule has 0 radical (unpaired) electrons. The third kappa shape index (κ3) is 5.01. The molecule has 1 N–H and O–H groups in total. The van der Waals surface area contributed by atoms with E-state index in [0.717, 1.165) is 21.3 Å². The molecule has 0 spiro atoms. The van der Waals surface area contributed by atoms with Crippen LogP contribution in [0.25, 0.3) is 16.0 Å². The van der Waals surface area contributed by atoms with Crippen LogP contribution in [0.1, 0.15) is 35.2 Å². The number of aryl methyl sites for hydroxylation is 2. The van der Waals surface area contributed by atoms with Crippen molar-refractivity contribution in [1.82, 2.24) is 4.98 Å². The SMILES string of the molecule is CCOc1ccc(/C(O)=C2\C(=O)C(=O)N(c3nc4c(C)cc(C)cc4s3)C2c2cccc(Oc3ccccc3)c2)cc1. The molecule has 1 aliphatic heterocycles. The van der Waals surface area contributed by atoms with Gasteiger partial charge >= 0.3 is 5.91 Å². The lowest BCUT2D eigenvalue weighted by Gasteiger charge is -2.23. The van der Waals surface area contributed by atoms with Crippen molar-refractivity contribution in [3.8, 4) is 17.2 Å². The second-order valence-corrected chi connectivity index (χ2v) is 11.0. The highest BCUT2D eigenvalue weighted by Gasteiger charge is 2.48. The Kier molecular flexibility index (Phi) is 7.22.